The molecule has 2 aromatic rings. The van der Waals surface area contributed by atoms with Crippen molar-refractivity contribution in [1.29, 1.82) is 0 Å². The zero-order valence-corrected chi connectivity index (χ0v) is 16.3. The van der Waals surface area contributed by atoms with Crippen LogP contribution >= 0.6 is 36.4 Å². The van der Waals surface area contributed by atoms with Gasteiger partial charge >= 0.3 is 0 Å². The third-order valence-electron chi connectivity index (χ3n) is 4.44. The van der Waals surface area contributed by atoms with Gasteiger partial charge < -0.3 is 10.2 Å². The van der Waals surface area contributed by atoms with Gasteiger partial charge in [0.1, 0.15) is 0 Å². The maximum Gasteiger partial charge on any atom is 0.209 e. The van der Waals surface area contributed by atoms with Gasteiger partial charge in [-0.1, -0.05) is 18.5 Å². The van der Waals surface area contributed by atoms with Crippen LogP contribution in [0.5, 0.6) is 0 Å². The fraction of sp³-hybridized carbons (Fsp3) is 0.471. The van der Waals surface area contributed by atoms with E-state index < -0.39 is 0 Å². The Balaban J connectivity index is 0.00000144. The van der Waals surface area contributed by atoms with E-state index in [-0.39, 0.29) is 30.2 Å². The van der Waals surface area contributed by atoms with Crippen LogP contribution in [0.15, 0.2) is 28.7 Å². The van der Waals surface area contributed by atoms with Crippen molar-refractivity contribution in [1.82, 2.24) is 9.88 Å². The maximum atomic E-state index is 5.98. The number of rotatable bonds is 4. The molecule has 3 rings (SSSR count). The zero-order valence-electron chi connectivity index (χ0n) is 13.9. The molecule has 134 valence electrons. The van der Waals surface area contributed by atoms with E-state index in [1.165, 1.54) is 0 Å². The molecule has 2 N–H and O–H groups in total. The summed E-state index contributed by atoms with van der Waals surface area (Å²) in [7, 11) is 0. The molecule has 0 amide bonds. The Morgan fingerprint density at radius 2 is 1.96 bits per heavy atom. The molecular weight excluding hydrogens is 369 g/mol. The number of halogens is 3. The van der Waals surface area contributed by atoms with Gasteiger partial charge in [-0.3, -0.25) is 4.90 Å². The van der Waals surface area contributed by atoms with Crippen molar-refractivity contribution in [3.63, 3.8) is 0 Å². The lowest BCUT2D eigenvalue weighted by molar-refractivity contribution is 0.252. The van der Waals surface area contributed by atoms with Crippen molar-refractivity contribution in [2.24, 2.45) is 11.1 Å². The molecule has 1 saturated heterocycles. The van der Waals surface area contributed by atoms with E-state index in [4.69, 9.17) is 21.8 Å². The number of likely N-dealkylation sites (tertiary alicyclic amines) is 1. The van der Waals surface area contributed by atoms with Crippen molar-refractivity contribution >= 4 is 36.4 Å². The predicted octanol–water partition coefficient (Wildman–Crippen LogP) is 4.32. The summed E-state index contributed by atoms with van der Waals surface area (Å²) in [6.45, 7) is 7.73. The minimum absolute atomic E-state index is 0. The highest BCUT2D eigenvalue weighted by atomic mass is 35.5. The monoisotopic (exact) mass is 391 g/mol. The number of oxazole rings is 1. The number of hydrogen-bond acceptors (Lipinski definition) is 4. The van der Waals surface area contributed by atoms with Crippen molar-refractivity contribution in [3.05, 3.63) is 40.9 Å². The van der Waals surface area contributed by atoms with Gasteiger partial charge in [-0.15, -0.1) is 24.8 Å². The van der Waals surface area contributed by atoms with Gasteiger partial charge in [0.25, 0.3) is 0 Å². The second-order valence-corrected chi connectivity index (χ2v) is 6.94. The van der Waals surface area contributed by atoms with Crippen LogP contribution < -0.4 is 5.73 Å². The molecule has 7 heteroatoms. The highest BCUT2D eigenvalue weighted by Crippen LogP contribution is 2.31. The summed E-state index contributed by atoms with van der Waals surface area (Å²) in [5.74, 6) is 1.59. The number of aryl methyl sites for hydroxylation is 1. The summed E-state index contributed by atoms with van der Waals surface area (Å²) >= 11 is 5.93. The molecule has 1 aromatic heterocycles. The molecule has 1 atom stereocenters. The van der Waals surface area contributed by atoms with Gasteiger partial charge in [0.05, 0.1) is 12.2 Å². The first-order chi connectivity index (χ1) is 10.5. The van der Waals surface area contributed by atoms with Gasteiger partial charge in [0.2, 0.25) is 5.89 Å². The molecule has 1 fully saturated rings. The lowest BCUT2D eigenvalue weighted by atomic mass is 9.90. The molecule has 24 heavy (non-hydrogen) atoms. The Bertz CT molecular complexity index is 660. The smallest absolute Gasteiger partial charge is 0.209 e. The van der Waals surface area contributed by atoms with Crippen LogP contribution in [0.25, 0.3) is 11.3 Å². The molecule has 1 unspecified atom stereocenters. The third-order valence-corrected chi connectivity index (χ3v) is 4.69. The Kier molecular flexibility index (Phi) is 7.57. The molecule has 0 aliphatic carbocycles. The second-order valence-electron chi connectivity index (χ2n) is 6.50. The van der Waals surface area contributed by atoms with Crippen molar-refractivity contribution < 1.29 is 4.42 Å². The SMILES string of the molecule is Cc1nc(CN2CCC(C)(CN)C2)oc1-c1ccc(Cl)cc1.Cl.Cl. The molecule has 4 nitrogen and oxygen atoms in total. The number of aromatic nitrogens is 1. The van der Waals surface area contributed by atoms with Crippen molar-refractivity contribution in [2.45, 2.75) is 26.8 Å². The molecule has 0 spiro atoms. The van der Waals surface area contributed by atoms with Crippen LogP contribution in [0.3, 0.4) is 0 Å². The fourth-order valence-electron chi connectivity index (χ4n) is 3.01. The first-order valence-corrected chi connectivity index (χ1v) is 8.01. The highest BCUT2D eigenvalue weighted by Gasteiger charge is 2.33. The Labute approximate surface area is 160 Å². The quantitative estimate of drug-likeness (QED) is 0.842. The standard InChI is InChI=1S/C17H22ClN3O.2ClH/c1-12-16(13-3-5-14(18)6-4-13)22-15(20-12)9-21-8-7-17(2,10-19)11-21;;/h3-6H,7-11,19H2,1-2H3;2*1H. The average Bonchev–Trinajstić information content (AvgIpc) is 3.04. The largest absolute Gasteiger partial charge is 0.439 e. The Morgan fingerprint density at radius 1 is 1.29 bits per heavy atom. The molecule has 0 bridgehead atoms. The molecular formula is C17H24Cl3N3O. The average molecular weight is 393 g/mol. The molecule has 1 aliphatic rings. The number of hydrogen-bond donors (Lipinski definition) is 1. The predicted molar refractivity (Wildman–Crippen MR) is 103 cm³/mol. The van der Waals surface area contributed by atoms with Crippen LogP contribution in [0, 0.1) is 12.3 Å². The molecule has 1 aromatic carbocycles. The molecule has 2 heterocycles. The van der Waals surface area contributed by atoms with E-state index >= 15 is 0 Å². The Hall–Kier alpha value is -0.780. The van der Waals surface area contributed by atoms with Gasteiger partial charge in [-0.25, -0.2) is 4.98 Å². The minimum Gasteiger partial charge on any atom is -0.439 e. The van der Waals surface area contributed by atoms with Crippen LogP contribution in [0.4, 0.5) is 0 Å². The van der Waals surface area contributed by atoms with Gasteiger partial charge in [-0.2, -0.15) is 0 Å². The lowest BCUT2D eigenvalue weighted by Gasteiger charge is -2.21. The van der Waals surface area contributed by atoms with Crippen molar-refractivity contribution in [3.8, 4) is 11.3 Å². The summed E-state index contributed by atoms with van der Waals surface area (Å²) in [5, 5.41) is 0.722. The Morgan fingerprint density at radius 3 is 2.54 bits per heavy atom. The minimum atomic E-state index is 0. The number of nitrogens with zero attached hydrogens (tertiary/aromatic N) is 2. The summed E-state index contributed by atoms with van der Waals surface area (Å²) in [6, 6.07) is 7.65. The van der Waals surface area contributed by atoms with Crippen LogP contribution in [-0.2, 0) is 6.54 Å². The van der Waals surface area contributed by atoms with Crippen molar-refractivity contribution in [2.75, 3.05) is 19.6 Å². The first kappa shape index (κ1) is 21.3. The van der Waals surface area contributed by atoms with Crippen LogP contribution in [0.2, 0.25) is 5.02 Å². The highest BCUT2D eigenvalue weighted by molar-refractivity contribution is 6.30. The molecule has 0 saturated carbocycles. The number of benzene rings is 1. The fourth-order valence-corrected chi connectivity index (χ4v) is 3.13. The van der Waals surface area contributed by atoms with Crippen LogP contribution in [-0.4, -0.2) is 29.5 Å². The van der Waals surface area contributed by atoms with E-state index in [1.807, 2.05) is 31.2 Å². The van der Waals surface area contributed by atoms with Gasteiger partial charge in [0, 0.05) is 17.1 Å². The third kappa shape index (κ3) is 4.64. The lowest BCUT2D eigenvalue weighted by Crippen LogP contribution is -2.31. The molecule has 1 aliphatic heterocycles. The van der Waals surface area contributed by atoms with Gasteiger partial charge in [0.15, 0.2) is 5.76 Å². The number of nitrogens with two attached hydrogens (primary N) is 1. The normalized spacial score (nSPS) is 20.5. The van der Waals surface area contributed by atoms with E-state index in [1.54, 1.807) is 0 Å². The van der Waals surface area contributed by atoms with E-state index in [9.17, 15) is 0 Å². The summed E-state index contributed by atoms with van der Waals surface area (Å²) in [6.07, 6.45) is 1.13. The summed E-state index contributed by atoms with van der Waals surface area (Å²) in [5.41, 5.74) is 8.01. The van der Waals surface area contributed by atoms with E-state index in [0.717, 1.165) is 60.5 Å². The first-order valence-electron chi connectivity index (χ1n) is 7.64. The van der Waals surface area contributed by atoms with E-state index in [0.29, 0.717) is 0 Å². The van der Waals surface area contributed by atoms with Gasteiger partial charge in [-0.05, 0) is 56.1 Å². The zero-order chi connectivity index (χ0) is 15.7. The van der Waals surface area contributed by atoms with E-state index in [2.05, 4.69) is 16.8 Å². The van der Waals surface area contributed by atoms with Crippen LogP contribution in [0.1, 0.15) is 24.9 Å². The summed E-state index contributed by atoms with van der Waals surface area (Å²) in [4.78, 5) is 6.94. The second kappa shape index (κ2) is 8.54. The maximum absolute atomic E-state index is 5.98. The summed E-state index contributed by atoms with van der Waals surface area (Å²) < 4.78 is 5.98. The topological polar surface area (TPSA) is 55.3 Å². The molecule has 0 radical (unpaired) electrons.